The van der Waals surface area contributed by atoms with E-state index in [4.69, 9.17) is 9.47 Å². The van der Waals surface area contributed by atoms with Crippen molar-refractivity contribution in [1.29, 1.82) is 0 Å². The summed E-state index contributed by atoms with van der Waals surface area (Å²) >= 11 is 0. The fourth-order valence-corrected chi connectivity index (χ4v) is 1.91. The summed E-state index contributed by atoms with van der Waals surface area (Å²) in [6.45, 7) is 3.36. The second-order valence-electron chi connectivity index (χ2n) is 4.47. The van der Waals surface area contributed by atoms with Gasteiger partial charge in [-0.3, -0.25) is 0 Å². The zero-order valence-corrected chi connectivity index (χ0v) is 10.9. The third kappa shape index (κ3) is 5.28. The fraction of sp³-hybridized carbons (Fsp3) is 0.500. The van der Waals surface area contributed by atoms with E-state index in [1.54, 1.807) is 0 Å². The van der Waals surface area contributed by atoms with E-state index in [0.717, 1.165) is 31.7 Å². The molecule has 1 aliphatic rings. The molecule has 0 radical (unpaired) electrons. The number of carbonyl (C=O) groups is 1. The highest BCUT2D eigenvalue weighted by Gasteiger charge is 2.13. The third-order valence-corrected chi connectivity index (χ3v) is 2.95. The summed E-state index contributed by atoms with van der Waals surface area (Å²) in [7, 11) is 0. The van der Waals surface area contributed by atoms with E-state index in [1.807, 2.05) is 30.3 Å². The highest BCUT2D eigenvalue weighted by Crippen LogP contribution is 2.02. The summed E-state index contributed by atoms with van der Waals surface area (Å²) in [5.74, 6) is 0. The molecule has 1 aromatic carbocycles. The number of ether oxygens (including phenoxy) is 2. The second kappa shape index (κ2) is 7.76. The van der Waals surface area contributed by atoms with Crippen molar-refractivity contribution >= 4 is 6.09 Å². The van der Waals surface area contributed by atoms with Gasteiger partial charge in [-0.15, -0.1) is 0 Å². The zero-order chi connectivity index (χ0) is 13.3. The van der Waals surface area contributed by atoms with Crippen LogP contribution in [-0.2, 0) is 16.1 Å². The molecule has 5 nitrogen and oxygen atoms in total. The Morgan fingerprint density at radius 3 is 3.00 bits per heavy atom. The van der Waals surface area contributed by atoms with Gasteiger partial charge >= 0.3 is 6.09 Å². The van der Waals surface area contributed by atoms with Crippen LogP contribution in [0.15, 0.2) is 30.3 Å². The van der Waals surface area contributed by atoms with Crippen LogP contribution in [0.4, 0.5) is 4.79 Å². The summed E-state index contributed by atoms with van der Waals surface area (Å²) in [6.07, 6.45) is 0.601. The topological polar surface area (TPSA) is 59.6 Å². The molecule has 1 heterocycles. The van der Waals surface area contributed by atoms with Crippen molar-refractivity contribution in [1.82, 2.24) is 10.6 Å². The van der Waals surface area contributed by atoms with E-state index in [1.165, 1.54) is 0 Å². The van der Waals surface area contributed by atoms with Gasteiger partial charge in [0.15, 0.2) is 0 Å². The van der Waals surface area contributed by atoms with Crippen LogP contribution < -0.4 is 10.6 Å². The first-order valence-electron chi connectivity index (χ1n) is 6.61. The molecule has 0 spiro atoms. The Balaban J connectivity index is 1.57. The number of hydrogen-bond acceptors (Lipinski definition) is 4. The monoisotopic (exact) mass is 264 g/mol. The molecule has 0 saturated carbocycles. The average Bonchev–Trinajstić information content (AvgIpc) is 2.47. The molecule has 1 aliphatic heterocycles. The lowest BCUT2D eigenvalue weighted by molar-refractivity contribution is 0.0237. The van der Waals surface area contributed by atoms with Crippen LogP contribution in [0.25, 0.3) is 0 Å². The number of rotatable bonds is 5. The summed E-state index contributed by atoms with van der Waals surface area (Å²) in [5.41, 5.74) is 0.984. The molecule has 1 fully saturated rings. The van der Waals surface area contributed by atoms with Gasteiger partial charge in [0.25, 0.3) is 0 Å². The minimum absolute atomic E-state index is 0.183. The molecule has 19 heavy (non-hydrogen) atoms. The quantitative estimate of drug-likeness (QED) is 0.841. The Labute approximate surface area is 113 Å². The predicted octanol–water partition coefficient (Wildman–Crippen LogP) is 1.29. The molecule has 0 unspecified atom stereocenters. The molecular formula is C14H20N2O3. The van der Waals surface area contributed by atoms with Crippen molar-refractivity contribution in [3.8, 4) is 0 Å². The van der Waals surface area contributed by atoms with Gasteiger partial charge in [-0.05, 0) is 12.0 Å². The molecule has 0 aliphatic carbocycles. The summed E-state index contributed by atoms with van der Waals surface area (Å²) < 4.78 is 10.6. The molecule has 0 bridgehead atoms. The van der Waals surface area contributed by atoms with Crippen LogP contribution in [-0.4, -0.2) is 38.4 Å². The van der Waals surface area contributed by atoms with Crippen molar-refractivity contribution < 1.29 is 14.3 Å². The lowest BCUT2D eigenvalue weighted by atomic mass is 10.2. The minimum Gasteiger partial charge on any atom is -0.445 e. The van der Waals surface area contributed by atoms with Gasteiger partial charge in [0.05, 0.1) is 12.7 Å². The van der Waals surface area contributed by atoms with Gasteiger partial charge in [-0.25, -0.2) is 4.79 Å². The molecule has 1 atom stereocenters. The third-order valence-electron chi connectivity index (χ3n) is 2.95. The van der Waals surface area contributed by atoms with Crippen molar-refractivity contribution in [3.05, 3.63) is 35.9 Å². The number of carbonyl (C=O) groups excluding carboxylic acids is 1. The van der Waals surface area contributed by atoms with Crippen molar-refractivity contribution in [2.45, 2.75) is 19.1 Å². The number of morpholine rings is 1. The Hall–Kier alpha value is -1.59. The molecule has 1 amide bonds. The maximum atomic E-state index is 11.5. The first-order chi connectivity index (χ1) is 9.34. The van der Waals surface area contributed by atoms with Crippen LogP contribution in [0.1, 0.15) is 12.0 Å². The normalized spacial score (nSPS) is 18.8. The van der Waals surface area contributed by atoms with Crippen LogP contribution in [0.2, 0.25) is 0 Å². The van der Waals surface area contributed by atoms with Gasteiger partial charge in [-0.2, -0.15) is 0 Å². The average molecular weight is 264 g/mol. The van der Waals surface area contributed by atoms with Gasteiger partial charge in [0.1, 0.15) is 6.61 Å². The number of nitrogens with one attached hydrogen (secondary N) is 2. The molecule has 1 aromatic rings. The maximum Gasteiger partial charge on any atom is 0.407 e. The molecule has 2 rings (SSSR count). The number of benzene rings is 1. The smallest absolute Gasteiger partial charge is 0.407 e. The van der Waals surface area contributed by atoms with Gasteiger partial charge in [-0.1, -0.05) is 30.3 Å². The molecule has 5 heteroatoms. The molecule has 104 valence electrons. The molecule has 2 N–H and O–H groups in total. The highest BCUT2D eigenvalue weighted by molar-refractivity contribution is 5.67. The molecule has 0 aromatic heterocycles. The van der Waals surface area contributed by atoms with Crippen molar-refractivity contribution in [2.24, 2.45) is 0 Å². The van der Waals surface area contributed by atoms with Crippen LogP contribution in [0.5, 0.6) is 0 Å². The van der Waals surface area contributed by atoms with Gasteiger partial charge in [0, 0.05) is 19.6 Å². The number of amides is 1. The van der Waals surface area contributed by atoms with E-state index in [9.17, 15) is 4.79 Å². The Morgan fingerprint density at radius 1 is 1.42 bits per heavy atom. The van der Waals surface area contributed by atoms with Crippen LogP contribution in [0.3, 0.4) is 0 Å². The predicted molar refractivity (Wildman–Crippen MR) is 71.9 cm³/mol. The Kier molecular flexibility index (Phi) is 5.65. The summed E-state index contributed by atoms with van der Waals surface area (Å²) in [4.78, 5) is 11.5. The minimum atomic E-state index is -0.382. The van der Waals surface area contributed by atoms with E-state index < -0.39 is 0 Å². The fourth-order valence-electron chi connectivity index (χ4n) is 1.91. The van der Waals surface area contributed by atoms with Gasteiger partial charge in [0.2, 0.25) is 0 Å². The Bertz CT molecular complexity index is 378. The van der Waals surface area contributed by atoms with Crippen molar-refractivity contribution in [2.75, 3.05) is 26.2 Å². The SMILES string of the molecule is O=C(NCC[C@@H]1CNCCO1)OCc1ccccc1. The van der Waals surface area contributed by atoms with E-state index >= 15 is 0 Å². The lowest BCUT2D eigenvalue weighted by Crippen LogP contribution is -2.40. The maximum absolute atomic E-state index is 11.5. The number of alkyl carbamates (subject to hydrolysis) is 1. The lowest BCUT2D eigenvalue weighted by Gasteiger charge is -2.23. The summed E-state index contributed by atoms with van der Waals surface area (Å²) in [6, 6.07) is 9.62. The van der Waals surface area contributed by atoms with Crippen molar-refractivity contribution in [3.63, 3.8) is 0 Å². The van der Waals surface area contributed by atoms with E-state index in [-0.39, 0.29) is 12.2 Å². The number of hydrogen-bond donors (Lipinski definition) is 2. The Morgan fingerprint density at radius 2 is 2.26 bits per heavy atom. The molecule has 1 saturated heterocycles. The first kappa shape index (κ1) is 13.8. The second-order valence-corrected chi connectivity index (χ2v) is 4.47. The first-order valence-corrected chi connectivity index (χ1v) is 6.61. The van der Waals surface area contributed by atoms with Crippen LogP contribution in [0, 0.1) is 0 Å². The van der Waals surface area contributed by atoms with Gasteiger partial charge < -0.3 is 20.1 Å². The van der Waals surface area contributed by atoms with Crippen LogP contribution >= 0.6 is 0 Å². The summed E-state index contributed by atoms with van der Waals surface area (Å²) in [5, 5.41) is 5.98. The largest absolute Gasteiger partial charge is 0.445 e. The van der Waals surface area contributed by atoms with E-state index in [2.05, 4.69) is 10.6 Å². The highest BCUT2D eigenvalue weighted by atomic mass is 16.5. The molecular weight excluding hydrogens is 244 g/mol. The standard InChI is InChI=1S/C14H20N2O3/c17-14(19-11-12-4-2-1-3-5-12)16-7-6-13-10-15-8-9-18-13/h1-5,13,15H,6-11H2,(H,16,17)/t13-/m1/s1. The van der Waals surface area contributed by atoms with E-state index in [0.29, 0.717) is 13.2 Å². The zero-order valence-electron chi connectivity index (χ0n) is 10.9.